The molecule has 0 radical (unpaired) electrons. The van der Waals surface area contributed by atoms with E-state index in [-0.39, 0.29) is 5.78 Å². The third kappa shape index (κ3) is 2.05. The first kappa shape index (κ1) is 9.87. The molecule has 1 aromatic rings. The second-order valence-electron chi connectivity index (χ2n) is 3.48. The topological polar surface area (TPSA) is 37.3 Å². The van der Waals surface area contributed by atoms with Gasteiger partial charge in [-0.1, -0.05) is 48.6 Å². The van der Waals surface area contributed by atoms with Crippen LogP contribution in [0.5, 0.6) is 0 Å². The Bertz CT molecular complexity index is 415. The number of carbonyl (C=O) groups excluding carboxylic acids is 1. The Labute approximate surface area is 88.6 Å². The van der Waals surface area contributed by atoms with Gasteiger partial charge in [-0.25, -0.2) is 0 Å². The lowest BCUT2D eigenvalue weighted by Crippen LogP contribution is -2.21. The van der Waals surface area contributed by atoms with Gasteiger partial charge >= 0.3 is 0 Å². The summed E-state index contributed by atoms with van der Waals surface area (Å²) in [5.74, 6) is -0.242. The van der Waals surface area contributed by atoms with Crippen molar-refractivity contribution in [1.82, 2.24) is 0 Å². The monoisotopic (exact) mass is 200 g/mol. The Hall–Kier alpha value is -1.67. The van der Waals surface area contributed by atoms with E-state index in [1.807, 2.05) is 18.2 Å². The van der Waals surface area contributed by atoms with Crippen LogP contribution in [0, 0.1) is 0 Å². The van der Waals surface area contributed by atoms with Crippen molar-refractivity contribution >= 4 is 5.78 Å². The summed E-state index contributed by atoms with van der Waals surface area (Å²) in [5, 5.41) is 9.80. The van der Waals surface area contributed by atoms with Crippen LogP contribution < -0.4 is 0 Å². The highest BCUT2D eigenvalue weighted by Crippen LogP contribution is 2.16. The molecule has 15 heavy (non-hydrogen) atoms. The van der Waals surface area contributed by atoms with Crippen LogP contribution in [0.1, 0.15) is 16.8 Å². The first-order valence-corrected chi connectivity index (χ1v) is 4.93. The van der Waals surface area contributed by atoms with E-state index in [0.29, 0.717) is 11.1 Å². The number of aliphatic hydroxyl groups is 1. The number of ketones is 1. The van der Waals surface area contributed by atoms with Gasteiger partial charge in [0.2, 0.25) is 0 Å². The van der Waals surface area contributed by atoms with Gasteiger partial charge in [0, 0.05) is 5.56 Å². The van der Waals surface area contributed by atoms with E-state index in [2.05, 4.69) is 0 Å². The third-order valence-corrected chi connectivity index (χ3v) is 2.42. The van der Waals surface area contributed by atoms with Gasteiger partial charge in [-0.3, -0.25) is 4.79 Å². The normalized spacial score (nSPS) is 16.2. The van der Waals surface area contributed by atoms with Crippen molar-refractivity contribution in [1.29, 1.82) is 0 Å². The van der Waals surface area contributed by atoms with Crippen molar-refractivity contribution in [3.05, 3.63) is 59.7 Å². The largest absolute Gasteiger partial charge is 0.380 e. The van der Waals surface area contributed by atoms with Gasteiger partial charge in [0.1, 0.15) is 6.10 Å². The van der Waals surface area contributed by atoms with E-state index >= 15 is 0 Å². The number of hydrogen-bond donors (Lipinski definition) is 1. The van der Waals surface area contributed by atoms with Crippen molar-refractivity contribution in [3.8, 4) is 0 Å². The molecule has 0 aromatic heterocycles. The molecule has 2 nitrogen and oxygen atoms in total. The predicted octanol–water partition coefficient (Wildman–Crippen LogP) is 2.12. The Morgan fingerprint density at radius 1 is 1.27 bits per heavy atom. The van der Waals surface area contributed by atoms with Crippen LogP contribution in [0.25, 0.3) is 0 Å². The van der Waals surface area contributed by atoms with Crippen LogP contribution in [0.3, 0.4) is 0 Å². The number of Topliss-reactive ketones (excluding diaryl/α,β-unsaturated/α-hetero) is 1. The molecule has 0 bridgehead atoms. The molecule has 0 amide bonds. The smallest absolute Gasteiger partial charge is 0.195 e. The molecule has 1 aliphatic rings. The van der Waals surface area contributed by atoms with E-state index in [1.54, 1.807) is 30.3 Å². The summed E-state index contributed by atoms with van der Waals surface area (Å²) in [6.45, 7) is 0. The second-order valence-corrected chi connectivity index (χ2v) is 3.48. The van der Waals surface area contributed by atoms with Crippen molar-refractivity contribution in [2.75, 3.05) is 0 Å². The summed E-state index contributed by atoms with van der Waals surface area (Å²) < 4.78 is 0. The summed E-state index contributed by atoms with van der Waals surface area (Å²) in [7, 11) is 0. The zero-order valence-electron chi connectivity index (χ0n) is 8.26. The number of hydrogen-bond acceptors (Lipinski definition) is 2. The van der Waals surface area contributed by atoms with E-state index < -0.39 is 6.10 Å². The molecule has 1 aromatic carbocycles. The molecule has 0 spiro atoms. The lowest BCUT2D eigenvalue weighted by atomic mass is 10.0. The average Bonchev–Trinajstić information content (AvgIpc) is 2.82. The fourth-order valence-electron chi connectivity index (χ4n) is 1.59. The van der Waals surface area contributed by atoms with Gasteiger partial charge < -0.3 is 5.11 Å². The fourth-order valence-corrected chi connectivity index (χ4v) is 1.59. The lowest BCUT2D eigenvalue weighted by molar-refractivity contribution is 0.0810. The maximum absolute atomic E-state index is 11.8. The average molecular weight is 200 g/mol. The molecule has 76 valence electrons. The van der Waals surface area contributed by atoms with Crippen LogP contribution in [0.15, 0.2) is 54.1 Å². The predicted molar refractivity (Wildman–Crippen MR) is 58.6 cm³/mol. The van der Waals surface area contributed by atoms with Gasteiger partial charge in [-0.15, -0.1) is 0 Å². The van der Waals surface area contributed by atoms with E-state index in [1.165, 1.54) is 0 Å². The summed E-state index contributed by atoms with van der Waals surface area (Å²) in [5.41, 5.74) is 1.25. The Balaban J connectivity index is 2.18. The van der Waals surface area contributed by atoms with Gasteiger partial charge in [0.15, 0.2) is 5.78 Å². The Kier molecular flexibility index (Phi) is 2.79. The molecule has 2 heteroatoms. The molecule has 0 saturated heterocycles. The molecule has 0 heterocycles. The Morgan fingerprint density at radius 2 is 2.00 bits per heavy atom. The number of benzene rings is 1. The molecular formula is C13H12O2. The first-order valence-electron chi connectivity index (χ1n) is 4.93. The van der Waals surface area contributed by atoms with Gasteiger partial charge in [-0.05, 0) is 12.0 Å². The van der Waals surface area contributed by atoms with E-state index in [0.717, 1.165) is 6.42 Å². The van der Waals surface area contributed by atoms with Gasteiger partial charge in [0.25, 0.3) is 0 Å². The summed E-state index contributed by atoms with van der Waals surface area (Å²) in [4.78, 5) is 11.8. The number of aliphatic hydroxyl groups excluding tert-OH is 1. The lowest BCUT2D eigenvalue weighted by Gasteiger charge is -2.09. The van der Waals surface area contributed by atoms with Gasteiger partial charge in [0.05, 0.1) is 0 Å². The molecule has 1 N–H and O–H groups in total. The molecular weight excluding hydrogens is 188 g/mol. The molecule has 1 aliphatic carbocycles. The third-order valence-electron chi connectivity index (χ3n) is 2.42. The molecule has 0 fully saturated rings. The summed E-state index contributed by atoms with van der Waals surface area (Å²) >= 11 is 0. The molecule has 0 aliphatic heterocycles. The summed E-state index contributed by atoms with van der Waals surface area (Å²) in [6.07, 6.45) is 5.37. The maximum Gasteiger partial charge on any atom is 0.195 e. The quantitative estimate of drug-likeness (QED) is 0.759. The van der Waals surface area contributed by atoms with Crippen molar-refractivity contribution in [2.24, 2.45) is 0 Å². The molecule has 1 unspecified atom stereocenters. The van der Waals surface area contributed by atoms with Crippen LogP contribution in [0.4, 0.5) is 0 Å². The molecule has 0 saturated carbocycles. The van der Waals surface area contributed by atoms with Crippen molar-refractivity contribution in [3.63, 3.8) is 0 Å². The van der Waals surface area contributed by atoms with Crippen LogP contribution in [0.2, 0.25) is 0 Å². The van der Waals surface area contributed by atoms with E-state index in [9.17, 15) is 9.90 Å². The minimum absolute atomic E-state index is 0.242. The number of carbonyl (C=O) groups is 1. The van der Waals surface area contributed by atoms with Crippen molar-refractivity contribution in [2.45, 2.75) is 12.5 Å². The summed E-state index contributed by atoms with van der Waals surface area (Å²) in [6, 6.07) is 8.85. The number of rotatable bonds is 3. The first-order chi connectivity index (χ1) is 7.29. The maximum atomic E-state index is 11.8. The minimum atomic E-state index is -1.02. The van der Waals surface area contributed by atoms with Crippen LogP contribution in [-0.2, 0) is 0 Å². The highest BCUT2D eigenvalue weighted by atomic mass is 16.3. The number of allylic oxidation sites excluding steroid dienone is 2. The van der Waals surface area contributed by atoms with Gasteiger partial charge in [-0.2, -0.15) is 0 Å². The zero-order chi connectivity index (χ0) is 10.7. The highest BCUT2D eigenvalue weighted by Gasteiger charge is 2.20. The molecule has 2 rings (SSSR count). The van der Waals surface area contributed by atoms with Crippen molar-refractivity contribution < 1.29 is 9.90 Å². The van der Waals surface area contributed by atoms with E-state index in [4.69, 9.17) is 0 Å². The standard InChI is InChI=1S/C13H12O2/c14-12(10-6-2-1-3-7-10)13(15)11-8-4-5-9-11/h1-4,6-9,13,15H,5H2. The zero-order valence-corrected chi connectivity index (χ0v) is 8.26. The highest BCUT2D eigenvalue weighted by molar-refractivity contribution is 6.01. The SMILES string of the molecule is O=C(c1ccccc1)C(O)C1=CCC=C1. The molecule has 1 atom stereocenters. The minimum Gasteiger partial charge on any atom is -0.380 e. The second kappa shape index (κ2) is 4.24. The van der Waals surface area contributed by atoms with Crippen LogP contribution >= 0.6 is 0 Å². The van der Waals surface area contributed by atoms with Crippen LogP contribution in [-0.4, -0.2) is 17.0 Å². The fraction of sp³-hybridized carbons (Fsp3) is 0.154. The Morgan fingerprint density at radius 3 is 2.60 bits per heavy atom.